The van der Waals surface area contributed by atoms with Crippen LogP contribution in [0.15, 0.2) is 78.9 Å². The molecule has 3 aromatic carbocycles. The highest BCUT2D eigenvalue weighted by Crippen LogP contribution is 2.42. The van der Waals surface area contributed by atoms with Crippen LogP contribution in [0.4, 0.5) is 4.39 Å². The van der Waals surface area contributed by atoms with Crippen LogP contribution in [0.2, 0.25) is 0 Å². The first-order chi connectivity index (χ1) is 17.0. The van der Waals surface area contributed by atoms with Gasteiger partial charge in [-0.1, -0.05) is 66.7 Å². The van der Waals surface area contributed by atoms with Gasteiger partial charge in [0.2, 0.25) is 10.0 Å². The molecule has 184 valence electrons. The fourth-order valence-electron chi connectivity index (χ4n) is 5.58. The molecule has 7 heteroatoms. The Kier molecular flexibility index (Phi) is 7.02. The molecule has 0 bridgehead atoms. The van der Waals surface area contributed by atoms with Crippen molar-refractivity contribution in [1.82, 2.24) is 9.21 Å². The van der Waals surface area contributed by atoms with E-state index in [0.29, 0.717) is 13.1 Å². The first kappa shape index (κ1) is 24.1. The Morgan fingerprint density at radius 3 is 2.14 bits per heavy atom. The Balaban J connectivity index is 1.38. The quantitative estimate of drug-likeness (QED) is 0.557. The standard InChI is InChI=1S/C28H31FN2O3S/c29-25-14-12-23(13-15-25)22-8-10-24(11-9-22)28-26-18-30(16-4-5-17-31(26)27(28)19-32)35(33,34)20-21-6-2-1-3-7-21/h1-3,6-15,26-28,32H,4-5,16-20H2/t26-,27-,28-/m1/s1. The molecular weight excluding hydrogens is 463 g/mol. The number of halogens is 1. The maximum Gasteiger partial charge on any atom is 0.218 e. The summed E-state index contributed by atoms with van der Waals surface area (Å²) >= 11 is 0. The van der Waals surface area contributed by atoms with Crippen LogP contribution in [-0.2, 0) is 15.8 Å². The summed E-state index contributed by atoms with van der Waals surface area (Å²) in [4.78, 5) is 2.28. The van der Waals surface area contributed by atoms with E-state index >= 15 is 0 Å². The maximum atomic E-state index is 13.3. The second kappa shape index (κ2) is 10.2. The monoisotopic (exact) mass is 494 g/mol. The predicted octanol–water partition coefficient (Wildman–Crippen LogP) is 4.25. The van der Waals surface area contributed by atoms with E-state index in [-0.39, 0.29) is 36.2 Å². The number of aliphatic hydroxyl groups excluding tert-OH is 1. The molecule has 5 nitrogen and oxygen atoms in total. The summed E-state index contributed by atoms with van der Waals surface area (Å²) in [5.74, 6) is -0.211. The van der Waals surface area contributed by atoms with Crippen molar-refractivity contribution < 1.29 is 17.9 Å². The molecular formula is C28H31FN2O3S. The lowest BCUT2D eigenvalue weighted by molar-refractivity contribution is -0.0554. The predicted molar refractivity (Wildman–Crippen MR) is 136 cm³/mol. The minimum absolute atomic E-state index is 0.00101. The maximum absolute atomic E-state index is 13.3. The van der Waals surface area contributed by atoms with Crippen molar-refractivity contribution >= 4 is 10.0 Å². The van der Waals surface area contributed by atoms with E-state index in [4.69, 9.17) is 0 Å². The second-order valence-electron chi connectivity index (χ2n) is 9.52. The Bertz CT molecular complexity index is 1230. The number of sulfonamides is 1. The summed E-state index contributed by atoms with van der Waals surface area (Å²) < 4.78 is 41.6. The van der Waals surface area contributed by atoms with Crippen molar-refractivity contribution in [1.29, 1.82) is 0 Å². The van der Waals surface area contributed by atoms with Crippen molar-refractivity contribution in [2.45, 2.75) is 36.6 Å². The number of aliphatic hydroxyl groups is 1. The van der Waals surface area contributed by atoms with Crippen LogP contribution in [0.1, 0.15) is 29.9 Å². The third kappa shape index (κ3) is 5.05. The Morgan fingerprint density at radius 2 is 1.49 bits per heavy atom. The minimum atomic E-state index is -3.46. The molecule has 3 aromatic rings. The molecule has 5 rings (SSSR count). The van der Waals surface area contributed by atoms with Crippen LogP contribution >= 0.6 is 0 Å². The summed E-state index contributed by atoms with van der Waals surface area (Å²) in [7, 11) is -3.46. The summed E-state index contributed by atoms with van der Waals surface area (Å²) in [6.45, 7) is 1.86. The molecule has 2 heterocycles. The van der Waals surface area contributed by atoms with E-state index in [2.05, 4.69) is 17.0 Å². The lowest BCUT2D eigenvalue weighted by Gasteiger charge is -2.57. The van der Waals surface area contributed by atoms with E-state index in [1.54, 1.807) is 16.4 Å². The van der Waals surface area contributed by atoms with Crippen LogP contribution in [0.3, 0.4) is 0 Å². The van der Waals surface area contributed by atoms with Gasteiger partial charge in [0.05, 0.1) is 12.4 Å². The van der Waals surface area contributed by atoms with Crippen LogP contribution in [0, 0.1) is 5.82 Å². The van der Waals surface area contributed by atoms with E-state index in [1.807, 2.05) is 42.5 Å². The number of rotatable bonds is 6. The van der Waals surface area contributed by atoms with Crippen LogP contribution < -0.4 is 0 Å². The number of nitrogens with zero attached hydrogens (tertiary/aromatic N) is 2. The van der Waals surface area contributed by atoms with Crippen LogP contribution in [0.5, 0.6) is 0 Å². The summed E-state index contributed by atoms with van der Waals surface area (Å²) in [5.41, 5.74) is 3.82. The van der Waals surface area contributed by atoms with Gasteiger partial charge in [-0.25, -0.2) is 17.1 Å². The molecule has 3 atom stereocenters. The molecule has 1 N–H and O–H groups in total. The van der Waals surface area contributed by atoms with Crippen LogP contribution in [-0.4, -0.2) is 61.1 Å². The average Bonchev–Trinajstić information content (AvgIpc) is 2.84. The molecule has 2 fully saturated rings. The highest BCUT2D eigenvalue weighted by atomic mass is 32.2. The molecule has 35 heavy (non-hydrogen) atoms. The van der Waals surface area contributed by atoms with Crippen molar-refractivity contribution in [3.05, 3.63) is 95.8 Å². The molecule has 0 aromatic heterocycles. The van der Waals surface area contributed by atoms with Crippen molar-refractivity contribution in [2.24, 2.45) is 0 Å². The number of benzene rings is 3. The van der Waals surface area contributed by atoms with E-state index < -0.39 is 10.0 Å². The topological polar surface area (TPSA) is 60.9 Å². The first-order valence-electron chi connectivity index (χ1n) is 12.2. The molecule has 0 unspecified atom stereocenters. The Labute approximate surface area is 206 Å². The lowest BCUT2D eigenvalue weighted by Crippen LogP contribution is -2.67. The lowest BCUT2D eigenvalue weighted by atomic mass is 9.74. The highest BCUT2D eigenvalue weighted by molar-refractivity contribution is 7.88. The van der Waals surface area contributed by atoms with Gasteiger partial charge in [-0.15, -0.1) is 0 Å². The minimum Gasteiger partial charge on any atom is -0.395 e. The van der Waals surface area contributed by atoms with Crippen molar-refractivity contribution in [3.63, 3.8) is 0 Å². The molecule has 2 aliphatic heterocycles. The van der Waals surface area contributed by atoms with Gasteiger partial charge in [-0.05, 0) is 53.8 Å². The fourth-order valence-corrected chi connectivity index (χ4v) is 7.16. The zero-order valence-electron chi connectivity index (χ0n) is 19.6. The van der Waals surface area contributed by atoms with Gasteiger partial charge in [0.15, 0.2) is 0 Å². The molecule has 2 aliphatic rings. The van der Waals surface area contributed by atoms with Gasteiger partial charge < -0.3 is 5.11 Å². The first-order valence-corrected chi connectivity index (χ1v) is 13.8. The van der Waals surface area contributed by atoms with E-state index in [9.17, 15) is 17.9 Å². The SMILES string of the molecule is O=S(=O)(Cc1ccccc1)N1CCCCN2[C@H](CO)[C@H](c3ccc(-c4ccc(F)cc4)cc3)[C@H]2C1. The smallest absolute Gasteiger partial charge is 0.218 e. The molecule has 0 saturated carbocycles. The molecule has 2 saturated heterocycles. The molecule has 0 spiro atoms. The zero-order valence-corrected chi connectivity index (χ0v) is 20.4. The van der Waals surface area contributed by atoms with Gasteiger partial charge in [0, 0.05) is 31.1 Å². The second-order valence-corrected chi connectivity index (χ2v) is 11.5. The molecule has 0 radical (unpaired) electrons. The van der Waals surface area contributed by atoms with Crippen molar-refractivity contribution in [2.75, 3.05) is 26.2 Å². The van der Waals surface area contributed by atoms with Gasteiger partial charge in [0.25, 0.3) is 0 Å². The van der Waals surface area contributed by atoms with Crippen molar-refractivity contribution in [3.8, 4) is 11.1 Å². The van der Waals surface area contributed by atoms with Gasteiger partial charge in [-0.3, -0.25) is 4.90 Å². The number of fused-ring (bicyclic) bond motifs is 1. The van der Waals surface area contributed by atoms with E-state index in [0.717, 1.165) is 41.6 Å². The van der Waals surface area contributed by atoms with E-state index in [1.165, 1.54) is 12.1 Å². The van der Waals surface area contributed by atoms with Gasteiger partial charge in [0.1, 0.15) is 5.82 Å². The number of hydrogen-bond donors (Lipinski definition) is 1. The highest BCUT2D eigenvalue weighted by Gasteiger charge is 2.50. The summed E-state index contributed by atoms with van der Waals surface area (Å²) in [6, 6.07) is 23.9. The van der Waals surface area contributed by atoms with Crippen LogP contribution in [0.25, 0.3) is 11.1 Å². The number of hydrogen-bond acceptors (Lipinski definition) is 4. The summed E-state index contributed by atoms with van der Waals surface area (Å²) in [5, 5.41) is 10.2. The Morgan fingerprint density at radius 1 is 0.857 bits per heavy atom. The van der Waals surface area contributed by atoms with Gasteiger partial charge in [-0.2, -0.15) is 0 Å². The third-order valence-corrected chi connectivity index (χ3v) is 9.21. The normalized spacial score (nSPS) is 23.7. The molecule has 0 aliphatic carbocycles. The Hall–Kier alpha value is -2.58. The fraction of sp³-hybridized carbons (Fsp3) is 0.357. The largest absolute Gasteiger partial charge is 0.395 e. The average molecular weight is 495 g/mol. The summed E-state index contributed by atoms with van der Waals surface area (Å²) in [6.07, 6.45) is 1.72. The van der Waals surface area contributed by atoms with Gasteiger partial charge >= 0.3 is 0 Å². The zero-order chi connectivity index (χ0) is 24.4. The third-order valence-electron chi connectivity index (χ3n) is 7.39. The molecule has 0 amide bonds.